The van der Waals surface area contributed by atoms with Crippen LogP contribution in [0.1, 0.15) is 10.4 Å². The molecule has 0 aliphatic rings. The van der Waals surface area contributed by atoms with Gasteiger partial charge in [0.1, 0.15) is 6.73 Å². The lowest BCUT2D eigenvalue weighted by Crippen LogP contribution is -2.21. The van der Waals surface area contributed by atoms with E-state index in [4.69, 9.17) is 4.74 Å². The zero-order chi connectivity index (χ0) is 16.4. The van der Waals surface area contributed by atoms with Gasteiger partial charge in [-0.05, 0) is 11.4 Å². The number of carbonyl (C=O) groups is 1. The van der Waals surface area contributed by atoms with E-state index in [1.165, 1.54) is 5.39 Å². The first-order valence-electron chi connectivity index (χ1n) is 8.03. The summed E-state index contributed by atoms with van der Waals surface area (Å²) in [5.41, 5.74) is 1.80. The van der Waals surface area contributed by atoms with Gasteiger partial charge in [0.15, 0.2) is 6.29 Å². The number of fused-ring (bicyclic) bond motifs is 3. The van der Waals surface area contributed by atoms with Crippen molar-refractivity contribution in [3.63, 3.8) is 0 Å². The minimum Gasteiger partial charge on any atom is -0.361 e. The number of carbonyl (C=O) groups excluding carboxylic acids is 1. The first kappa shape index (κ1) is 16.0. The molecule has 0 aliphatic heterocycles. The van der Waals surface area contributed by atoms with Crippen molar-refractivity contribution in [3.8, 4) is 0 Å². The van der Waals surface area contributed by atoms with Crippen molar-refractivity contribution in [3.05, 3.63) is 48.2 Å². The van der Waals surface area contributed by atoms with E-state index in [9.17, 15) is 4.79 Å². The van der Waals surface area contributed by atoms with Gasteiger partial charge in [0, 0.05) is 37.2 Å². The number of hydrogen-bond donors (Lipinski definition) is 0. The van der Waals surface area contributed by atoms with Crippen molar-refractivity contribution in [1.29, 1.82) is 0 Å². The molecule has 3 aromatic rings. The Morgan fingerprint density at radius 2 is 1.87 bits per heavy atom. The third-order valence-corrected chi connectivity index (χ3v) is 5.85. The summed E-state index contributed by atoms with van der Waals surface area (Å²) < 4.78 is 7.95. The first-order valence-corrected chi connectivity index (χ1v) is 11.7. The molecule has 120 valence electrons. The maximum atomic E-state index is 11.4. The molecule has 0 saturated heterocycles. The summed E-state index contributed by atoms with van der Waals surface area (Å²) >= 11 is 0. The van der Waals surface area contributed by atoms with E-state index < -0.39 is 8.07 Å². The van der Waals surface area contributed by atoms with Gasteiger partial charge in [0.25, 0.3) is 0 Å². The standard InChI is InChI=1S/C19H23NO2Si/c1-23(2,3)11-10-22-14-20-12-16(13-21)18-9-8-15-6-4-5-7-17(15)19(18)20/h4-9,12-13H,10-11,14H2,1-3H3. The minimum atomic E-state index is -1.08. The van der Waals surface area contributed by atoms with Crippen LogP contribution in [-0.4, -0.2) is 25.5 Å². The van der Waals surface area contributed by atoms with Crippen molar-refractivity contribution in [2.24, 2.45) is 0 Å². The Hall–Kier alpha value is -1.91. The molecule has 0 radical (unpaired) electrons. The second-order valence-corrected chi connectivity index (χ2v) is 12.8. The quantitative estimate of drug-likeness (QED) is 0.366. The Balaban J connectivity index is 1.96. The van der Waals surface area contributed by atoms with Crippen molar-refractivity contribution in [2.45, 2.75) is 32.4 Å². The molecule has 0 atom stereocenters. The largest absolute Gasteiger partial charge is 0.361 e. The molecule has 0 amide bonds. The monoisotopic (exact) mass is 325 g/mol. The molecule has 0 bridgehead atoms. The minimum absolute atomic E-state index is 0.489. The van der Waals surface area contributed by atoms with E-state index in [0.717, 1.165) is 40.8 Å². The lowest BCUT2D eigenvalue weighted by atomic mass is 10.1. The van der Waals surface area contributed by atoms with Gasteiger partial charge in [-0.1, -0.05) is 56.0 Å². The zero-order valence-corrected chi connectivity index (χ0v) is 15.0. The molecule has 2 aromatic carbocycles. The summed E-state index contributed by atoms with van der Waals surface area (Å²) in [5.74, 6) is 0. The molecule has 0 N–H and O–H groups in total. The Labute approximate surface area is 137 Å². The van der Waals surface area contributed by atoms with Gasteiger partial charge < -0.3 is 9.30 Å². The summed E-state index contributed by atoms with van der Waals surface area (Å²) in [6.07, 6.45) is 2.83. The fourth-order valence-corrected chi connectivity index (χ4v) is 3.59. The highest BCUT2D eigenvalue weighted by Crippen LogP contribution is 2.28. The van der Waals surface area contributed by atoms with E-state index >= 15 is 0 Å². The van der Waals surface area contributed by atoms with Crippen LogP contribution in [0.15, 0.2) is 42.6 Å². The smallest absolute Gasteiger partial charge is 0.152 e. The molecule has 0 saturated carbocycles. The first-order chi connectivity index (χ1) is 11.0. The second kappa shape index (κ2) is 6.30. The molecule has 3 rings (SSSR count). The number of ether oxygens (including phenoxy) is 1. The maximum absolute atomic E-state index is 11.4. The molecule has 1 aromatic heterocycles. The lowest BCUT2D eigenvalue weighted by Gasteiger charge is -2.16. The van der Waals surface area contributed by atoms with Crippen LogP contribution in [0.4, 0.5) is 0 Å². The number of aromatic nitrogens is 1. The molecule has 0 spiro atoms. The van der Waals surface area contributed by atoms with Crippen molar-refractivity contribution < 1.29 is 9.53 Å². The summed E-state index contributed by atoms with van der Waals surface area (Å²) in [5, 5.41) is 3.33. The van der Waals surface area contributed by atoms with Gasteiger partial charge in [0.05, 0.1) is 5.52 Å². The zero-order valence-electron chi connectivity index (χ0n) is 14.0. The van der Waals surface area contributed by atoms with Gasteiger partial charge in [-0.25, -0.2) is 0 Å². The van der Waals surface area contributed by atoms with Gasteiger partial charge in [0.2, 0.25) is 0 Å². The molecule has 4 heteroatoms. The third-order valence-electron chi connectivity index (χ3n) is 4.15. The number of benzene rings is 2. The van der Waals surface area contributed by atoms with Crippen LogP contribution in [0.3, 0.4) is 0 Å². The Bertz CT molecular complexity index is 846. The van der Waals surface area contributed by atoms with Crippen LogP contribution in [0, 0.1) is 0 Å². The van der Waals surface area contributed by atoms with Gasteiger partial charge in [-0.3, -0.25) is 4.79 Å². The number of aldehydes is 1. The summed E-state index contributed by atoms with van der Waals surface area (Å²) in [6.45, 7) is 8.30. The SMILES string of the molecule is C[Si](C)(C)CCOCn1cc(C=O)c2ccc3ccccc3c21. The average molecular weight is 325 g/mol. The van der Waals surface area contributed by atoms with Crippen molar-refractivity contribution in [1.82, 2.24) is 4.57 Å². The van der Waals surface area contributed by atoms with Gasteiger partial charge in [-0.15, -0.1) is 0 Å². The Morgan fingerprint density at radius 3 is 2.61 bits per heavy atom. The fraction of sp³-hybridized carbons (Fsp3) is 0.316. The third kappa shape index (κ3) is 3.38. The molecule has 0 unspecified atom stereocenters. The Morgan fingerprint density at radius 1 is 1.09 bits per heavy atom. The molecule has 0 fully saturated rings. The highest BCUT2D eigenvalue weighted by molar-refractivity contribution is 6.76. The van der Waals surface area contributed by atoms with Crippen LogP contribution >= 0.6 is 0 Å². The molecule has 23 heavy (non-hydrogen) atoms. The maximum Gasteiger partial charge on any atom is 0.152 e. The van der Waals surface area contributed by atoms with Crippen LogP contribution in [0.2, 0.25) is 25.7 Å². The molecule has 1 heterocycles. The molecule has 0 aliphatic carbocycles. The van der Waals surface area contributed by atoms with E-state index in [0.29, 0.717) is 6.73 Å². The van der Waals surface area contributed by atoms with Crippen LogP contribution in [0.25, 0.3) is 21.7 Å². The van der Waals surface area contributed by atoms with Crippen molar-refractivity contribution >= 4 is 36.0 Å². The summed E-state index contributed by atoms with van der Waals surface area (Å²) in [6, 6.07) is 13.5. The summed E-state index contributed by atoms with van der Waals surface area (Å²) in [4.78, 5) is 11.4. The highest BCUT2D eigenvalue weighted by atomic mass is 28.3. The van der Waals surface area contributed by atoms with Gasteiger partial charge in [-0.2, -0.15) is 0 Å². The highest BCUT2D eigenvalue weighted by Gasteiger charge is 2.14. The number of nitrogens with zero attached hydrogens (tertiary/aromatic N) is 1. The van der Waals surface area contributed by atoms with Gasteiger partial charge >= 0.3 is 0 Å². The van der Waals surface area contributed by atoms with E-state index in [-0.39, 0.29) is 0 Å². The van der Waals surface area contributed by atoms with E-state index in [1.54, 1.807) is 0 Å². The molecule has 3 nitrogen and oxygen atoms in total. The van der Waals surface area contributed by atoms with Crippen LogP contribution in [0.5, 0.6) is 0 Å². The second-order valence-electron chi connectivity index (χ2n) is 7.20. The number of rotatable bonds is 6. The lowest BCUT2D eigenvalue weighted by molar-refractivity contribution is 0.0902. The van der Waals surface area contributed by atoms with E-state index in [1.807, 2.05) is 24.4 Å². The summed E-state index contributed by atoms with van der Waals surface area (Å²) in [7, 11) is -1.08. The van der Waals surface area contributed by atoms with Crippen molar-refractivity contribution in [2.75, 3.05) is 6.61 Å². The van der Waals surface area contributed by atoms with E-state index in [2.05, 4.69) is 42.4 Å². The van der Waals surface area contributed by atoms with Crippen LogP contribution < -0.4 is 0 Å². The topological polar surface area (TPSA) is 31.2 Å². The normalized spacial score (nSPS) is 12.1. The predicted octanol–water partition coefficient (Wildman–Crippen LogP) is 4.92. The number of hydrogen-bond acceptors (Lipinski definition) is 2. The average Bonchev–Trinajstić information content (AvgIpc) is 2.89. The Kier molecular flexibility index (Phi) is 4.37. The fourth-order valence-electron chi connectivity index (χ4n) is 2.84. The molecular formula is C19H23NO2Si. The predicted molar refractivity (Wildman–Crippen MR) is 98.9 cm³/mol. The molecular weight excluding hydrogens is 302 g/mol. The van der Waals surface area contributed by atoms with Crippen LogP contribution in [-0.2, 0) is 11.5 Å².